The molecule has 1 saturated carbocycles. The van der Waals surface area contributed by atoms with Crippen molar-refractivity contribution >= 4 is 11.6 Å². The summed E-state index contributed by atoms with van der Waals surface area (Å²) < 4.78 is 5.62. The Balaban J connectivity index is 1.21. The van der Waals surface area contributed by atoms with Gasteiger partial charge in [-0.2, -0.15) is 0 Å². The summed E-state index contributed by atoms with van der Waals surface area (Å²) in [5.41, 5.74) is 4.56. The fourth-order valence-electron chi connectivity index (χ4n) is 6.32. The van der Waals surface area contributed by atoms with Crippen molar-refractivity contribution in [1.82, 2.24) is 9.80 Å². The lowest BCUT2D eigenvalue weighted by molar-refractivity contribution is 0.0693. The second-order valence-corrected chi connectivity index (χ2v) is 11.1. The lowest BCUT2D eigenvalue weighted by Gasteiger charge is -2.37. The number of piperazine rings is 1. The highest BCUT2D eigenvalue weighted by Gasteiger charge is 2.27. The van der Waals surface area contributed by atoms with Gasteiger partial charge in [-0.15, -0.1) is 0 Å². The summed E-state index contributed by atoms with van der Waals surface area (Å²) >= 11 is 0. The minimum atomic E-state index is 0.0760. The molecule has 1 amide bonds. The van der Waals surface area contributed by atoms with Gasteiger partial charge in [0.25, 0.3) is 5.91 Å². The molecule has 39 heavy (non-hydrogen) atoms. The Hall–Kier alpha value is -3.31. The molecule has 0 radical (unpaired) electrons. The number of amides is 1. The summed E-state index contributed by atoms with van der Waals surface area (Å²) in [4.78, 5) is 20.5. The minimum Gasteiger partial charge on any atom is -0.496 e. The standard InChI is InChI=1S/C34H43N3O2/c1-35(29-16-10-5-11-17-29)34(38)32-26-30(18-19-33(32)39-2)37-24-22-36(23-25-37)21-20-31(27-12-6-3-7-13-27)28-14-8-4-9-15-28/h3-4,6-9,12-15,18-19,26,29,31H,5,10-11,16-17,20-25H2,1-2H3. The molecular weight excluding hydrogens is 482 g/mol. The molecule has 5 heteroatoms. The first-order chi connectivity index (χ1) is 19.1. The van der Waals surface area contributed by atoms with Crippen LogP contribution in [-0.2, 0) is 0 Å². The third-order valence-corrected chi connectivity index (χ3v) is 8.73. The Kier molecular flexibility index (Phi) is 9.20. The number of nitrogens with zero attached hydrogens (tertiary/aromatic N) is 3. The van der Waals surface area contributed by atoms with Crippen molar-refractivity contribution in [3.8, 4) is 5.75 Å². The molecule has 206 valence electrons. The normalized spacial score (nSPS) is 16.8. The van der Waals surface area contributed by atoms with Crippen LogP contribution in [0.2, 0.25) is 0 Å². The first-order valence-corrected chi connectivity index (χ1v) is 14.7. The molecule has 0 N–H and O–H groups in total. The molecule has 5 rings (SSSR count). The number of anilines is 1. The van der Waals surface area contributed by atoms with Gasteiger partial charge in [-0.05, 0) is 55.1 Å². The van der Waals surface area contributed by atoms with Crippen LogP contribution in [0.4, 0.5) is 5.69 Å². The van der Waals surface area contributed by atoms with Crippen LogP contribution < -0.4 is 9.64 Å². The Labute approximate surface area is 234 Å². The van der Waals surface area contributed by atoms with Gasteiger partial charge in [0.15, 0.2) is 0 Å². The first kappa shape index (κ1) is 27.3. The van der Waals surface area contributed by atoms with Crippen LogP contribution in [0.15, 0.2) is 78.9 Å². The van der Waals surface area contributed by atoms with Gasteiger partial charge in [0.1, 0.15) is 5.75 Å². The van der Waals surface area contributed by atoms with Crippen molar-refractivity contribution in [2.75, 3.05) is 51.8 Å². The fraction of sp³-hybridized carbons (Fsp3) is 0.441. The van der Waals surface area contributed by atoms with Gasteiger partial charge in [-0.3, -0.25) is 9.69 Å². The predicted molar refractivity (Wildman–Crippen MR) is 160 cm³/mol. The van der Waals surface area contributed by atoms with E-state index in [4.69, 9.17) is 4.74 Å². The van der Waals surface area contributed by atoms with E-state index in [1.165, 1.54) is 30.4 Å². The summed E-state index contributed by atoms with van der Waals surface area (Å²) in [5.74, 6) is 1.15. The lowest BCUT2D eigenvalue weighted by Crippen LogP contribution is -2.47. The van der Waals surface area contributed by atoms with Crippen LogP contribution in [0.3, 0.4) is 0 Å². The number of hydrogen-bond acceptors (Lipinski definition) is 4. The van der Waals surface area contributed by atoms with Gasteiger partial charge in [0.05, 0.1) is 12.7 Å². The van der Waals surface area contributed by atoms with Crippen LogP contribution in [0.1, 0.15) is 65.9 Å². The maximum atomic E-state index is 13.5. The quantitative estimate of drug-likeness (QED) is 0.322. The van der Waals surface area contributed by atoms with E-state index in [0.717, 1.165) is 57.7 Å². The van der Waals surface area contributed by atoms with E-state index in [1.807, 2.05) is 18.0 Å². The number of ether oxygens (including phenoxy) is 1. The van der Waals surface area contributed by atoms with E-state index in [1.54, 1.807) is 7.11 Å². The van der Waals surface area contributed by atoms with Crippen molar-refractivity contribution < 1.29 is 9.53 Å². The number of carbonyl (C=O) groups excluding carboxylic acids is 1. The van der Waals surface area contributed by atoms with Crippen LogP contribution in [0, 0.1) is 0 Å². The molecule has 1 aliphatic heterocycles. The van der Waals surface area contributed by atoms with Crippen molar-refractivity contribution in [3.05, 3.63) is 95.6 Å². The summed E-state index contributed by atoms with van der Waals surface area (Å²) in [7, 11) is 3.62. The molecule has 1 aliphatic carbocycles. The Morgan fingerprint density at radius 2 is 1.49 bits per heavy atom. The number of benzene rings is 3. The highest BCUT2D eigenvalue weighted by Crippen LogP contribution is 2.31. The molecule has 0 unspecified atom stereocenters. The number of carbonyl (C=O) groups is 1. The van der Waals surface area contributed by atoms with Gasteiger partial charge < -0.3 is 14.5 Å². The van der Waals surface area contributed by atoms with Gasteiger partial charge >= 0.3 is 0 Å². The van der Waals surface area contributed by atoms with Crippen LogP contribution >= 0.6 is 0 Å². The number of methoxy groups -OCH3 is 1. The molecule has 1 saturated heterocycles. The zero-order valence-electron chi connectivity index (χ0n) is 23.6. The highest BCUT2D eigenvalue weighted by atomic mass is 16.5. The van der Waals surface area contributed by atoms with Gasteiger partial charge in [-0.25, -0.2) is 0 Å². The fourth-order valence-corrected chi connectivity index (χ4v) is 6.32. The summed E-state index contributed by atoms with van der Waals surface area (Å²) in [6.07, 6.45) is 7.00. The lowest BCUT2D eigenvalue weighted by atomic mass is 9.88. The number of rotatable bonds is 9. The minimum absolute atomic E-state index is 0.0760. The van der Waals surface area contributed by atoms with E-state index < -0.39 is 0 Å². The van der Waals surface area contributed by atoms with Crippen LogP contribution in [0.25, 0.3) is 0 Å². The van der Waals surface area contributed by atoms with Gasteiger partial charge in [0.2, 0.25) is 0 Å². The second kappa shape index (κ2) is 13.2. The smallest absolute Gasteiger partial charge is 0.257 e. The Morgan fingerprint density at radius 3 is 2.08 bits per heavy atom. The summed E-state index contributed by atoms with van der Waals surface area (Å²) in [6, 6.07) is 28.2. The van der Waals surface area contributed by atoms with Gasteiger partial charge in [-0.1, -0.05) is 79.9 Å². The summed E-state index contributed by atoms with van der Waals surface area (Å²) in [6.45, 7) is 5.03. The molecule has 2 aliphatic rings. The first-order valence-electron chi connectivity index (χ1n) is 14.7. The monoisotopic (exact) mass is 525 g/mol. The molecule has 5 nitrogen and oxygen atoms in total. The topological polar surface area (TPSA) is 36.0 Å². The summed E-state index contributed by atoms with van der Waals surface area (Å²) in [5, 5.41) is 0. The molecule has 0 bridgehead atoms. The van der Waals surface area contributed by atoms with E-state index in [2.05, 4.69) is 82.6 Å². The average Bonchev–Trinajstić information content (AvgIpc) is 3.02. The van der Waals surface area contributed by atoms with E-state index in [9.17, 15) is 4.79 Å². The molecule has 0 aromatic heterocycles. The maximum absolute atomic E-state index is 13.5. The largest absolute Gasteiger partial charge is 0.496 e. The third-order valence-electron chi connectivity index (χ3n) is 8.73. The number of hydrogen-bond donors (Lipinski definition) is 0. The van der Waals surface area contributed by atoms with Crippen molar-refractivity contribution in [1.29, 1.82) is 0 Å². The zero-order chi connectivity index (χ0) is 27.0. The van der Waals surface area contributed by atoms with Crippen molar-refractivity contribution in [2.24, 2.45) is 0 Å². The molecule has 3 aromatic carbocycles. The van der Waals surface area contributed by atoms with E-state index in [-0.39, 0.29) is 5.91 Å². The Bertz CT molecular complexity index is 1150. The van der Waals surface area contributed by atoms with Crippen LogP contribution in [-0.4, -0.2) is 68.6 Å². The second-order valence-electron chi connectivity index (χ2n) is 11.1. The maximum Gasteiger partial charge on any atom is 0.257 e. The Morgan fingerprint density at radius 1 is 0.872 bits per heavy atom. The highest BCUT2D eigenvalue weighted by molar-refractivity contribution is 5.98. The average molecular weight is 526 g/mol. The molecule has 1 heterocycles. The molecule has 2 fully saturated rings. The van der Waals surface area contributed by atoms with Crippen molar-refractivity contribution in [3.63, 3.8) is 0 Å². The molecule has 0 atom stereocenters. The third kappa shape index (κ3) is 6.65. The molecule has 0 spiro atoms. The van der Waals surface area contributed by atoms with E-state index in [0.29, 0.717) is 23.3 Å². The van der Waals surface area contributed by atoms with Gasteiger partial charge in [0, 0.05) is 50.9 Å². The molecular formula is C34H43N3O2. The van der Waals surface area contributed by atoms with E-state index >= 15 is 0 Å². The molecule has 3 aromatic rings. The SMILES string of the molecule is COc1ccc(N2CCN(CCC(c3ccccc3)c3ccccc3)CC2)cc1C(=O)N(C)C1CCCCC1. The zero-order valence-corrected chi connectivity index (χ0v) is 23.6. The van der Waals surface area contributed by atoms with Crippen molar-refractivity contribution in [2.45, 2.75) is 50.5 Å². The predicted octanol–water partition coefficient (Wildman–Crippen LogP) is 6.44. The van der Waals surface area contributed by atoms with Crippen LogP contribution in [0.5, 0.6) is 5.75 Å².